The van der Waals surface area contributed by atoms with E-state index >= 15 is 0 Å². The Kier molecular flexibility index (Phi) is 4.74. The van der Waals surface area contributed by atoms with Gasteiger partial charge in [-0.3, -0.25) is 4.79 Å². The number of hydrogen-bond acceptors (Lipinski definition) is 6. The molecule has 0 unspecified atom stereocenters. The SMILES string of the molecule is Nc1cc(Cl)c(Oc2ncc(O)c(C(=O)c3ccccc3)n2)c(Cl)c1. The minimum Gasteiger partial charge on any atom is -0.504 e. The zero-order valence-electron chi connectivity index (χ0n) is 12.6. The number of nitrogen functional groups attached to an aromatic ring is 1. The fourth-order valence-corrected chi connectivity index (χ4v) is 2.65. The highest BCUT2D eigenvalue weighted by Crippen LogP contribution is 2.37. The molecular formula is C17H11Cl2N3O3. The van der Waals surface area contributed by atoms with Gasteiger partial charge in [0, 0.05) is 11.3 Å². The van der Waals surface area contributed by atoms with Crippen molar-refractivity contribution in [1.82, 2.24) is 9.97 Å². The van der Waals surface area contributed by atoms with Gasteiger partial charge in [0.2, 0.25) is 5.78 Å². The van der Waals surface area contributed by atoms with Gasteiger partial charge in [0.25, 0.3) is 0 Å². The lowest BCUT2D eigenvalue weighted by atomic mass is 10.1. The molecule has 25 heavy (non-hydrogen) atoms. The summed E-state index contributed by atoms with van der Waals surface area (Å²) >= 11 is 12.1. The monoisotopic (exact) mass is 375 g/mol. The first-order valence-electron chi connectivity index (χ1n) is 7.04. The summed E-state index contributed by atoms with van der Waals surface area (Å²) in [7, 11) is 0. The molecule has 0 aliphatic rings. The molecule has 0 radical (unpaired) electrons. The van der Waals surface area contributed by atoms with Crippen LogP contribution in [0.2, 0.25) is 10.0 Å². The number of aromatic nitrogens is 2. The zero-order chi connectivity index (χ0) is 18.0. The summed E-state index contributed by atoms with van der Waals surface area (Å²) in [5, 5.41) is 10.2. The third-order valence-corrected chi connectivity index (χ3v) is 3.77. The van der Waals surface area contributed by atoms with Gasteiger partial charge in [0.15, 0.2) is 17.2 Å². The first-order valence-corrected chi connectivity index (χ1v) is 7.79. The van der Waals surface area contributed by atoms with Gasteiger partial charge in [-0.15, -0.1) is 0 Å². The Morgan fingerprint density at radius 3 is 2.40 bits per heavy atom. The Morgan fingerprint density at radius 2 is 1.76 bits per heavy atom. The molecular weight excluding hydrogens is 365 g/mol. The average Bonchev–Trinajstić information content (AvgIpc) is 2.59. The molecule has 0 saturated carbocycles. The Hall–Kier alpha value is -2.83. The number of nitrogens with zero attached hydrogens (tertiary/aromatic N) is 2. The molecule has 2 aromatic carbocycles. The minimum atomic E-state index is -0.472. The number of ketones is 1. The van der Waals surface area contributed by atoms with Gasteiger partial charge >= 0.3 is 6.01 Å². The molecule has 3 aromatic rings. The van der Waals surface area contributed by atoms with Crippen LogP contribution in [0.4, 0.5) is 5.69 Å². The molecule has 3 rings (SSSR count). The van der Waals surface area contributed by atoms with Crippen LogP contribution < -0.4 is 10.5 Å². The minimum absolute atomic E-state index is 0.0985. The molecule has 0 fully saturated rings. The predicted molar refractivity (Wildman–Crippen MR) is 94.5 cm³/mol. The van der Waals surface area contributed by atoms with Crippen molar-refractivity contribution in [3.63, 3.8) is 0 Å². The fraction of sp³-hybridized carbons (Fsp3) is 0. The van der Waals surface area contributed by atoms with E-state index in [1.807, 2.05) is 0 Å². The van der Waals surface area contributed by atoms with E-state index in [-0.39, 0.29) is 33.2 Å². The van der Waals surface area contributed by atoms with Crippen molar-refractivity contribution in [2.24, 2.45) is 0 Å². The second kappa shape index (κ2) is 6.96. The molecule has 0 aliphatic heterocycles. The number of halogens is 2. The van der Waals surface area contributed by atoms with Crippen LogP contribution in [-0.4, -0.2) is 20.9 Å². The van der Waals surface area contributed by atoms with Crippen molar-refractivity contribution in [1.29, 1.82) is 0 Å². The van der Waals surface area contributed by atoms with Crippen molar-refractivity contribution >= 4 is 34.7 Å². The number of carbonyl (C=O) groups excluding carboxylic acids is 1. The Labute approximate surface area is 152 Å². The Morgan fingerprint density at radius 1 is 1.12 bits per heavy atom. The third-order valence-electron chi connectivity index (χ3n) is 3.21. The molecule has 0 bridgehead atoms. The standard InChI is InChI=1S/C17H11Cl2N3O3/c18-11-6-10(20)7-12(19)16(11)25-17-21-8-13(23)14(22-17)15(24)9-4-2-1-3-5-9/h1-8,23H,20H2. The topological polar surface area (TPSA) is 98.3 Å². The third kappa shape index (κ3) is 3.65. The number of aromatic hydroxyl groups is 1. The van der Waals surface area contributed by atoms with E-state index in [1.54, 1.807) is 30.3 Å². The van der Waals surface area contributed by atoms with Crippen LogP contribution in [0.1, 0.15) is 16.1 Å². The first-order chi connectivity index (χ1) is 12.0. The van der Waals surface area contributed by atoms with Gasteiger partial charge in [-0.1, -0.05) is 53.5 Å². The summed E-state index contributed by atoms with van der Waals surface area (Å²) in [5.74, 6) is -0.739. The molecule has 0 amide bonds. The lowest BCUT2D eigenvalue weighted by Crippen LogP contribution is -2.06. The number of hydrogen-bond donors (Lipinski definition) is 2. The van der Waals surface area contributed by atoms with Crippen LogP contribution in [0.5, 0.6) is 17.5 Å². The second-order valence-corrected chi connectivity index (χ2v) is 5.81. The summed E-state index contributed by atoms with van der Waals surface area (Å²) in [4.78, 5) is 20.3. The summed E-state index contributed by atoms with van der Waals surface area (Å²) in [6.45, 7) is 0. The van der Waals surface area contributed by atoms with Crippen molar-refractivity contribution in [2.75, 3.05) is 5.73 Å². The van der Waals surface area contributed by atoms with Gasteiger partial charge in [0.05, 0.1) is 16.2 Å². The van der Waals surface area contributed by atoms with Gasteiger partial charge in [-0.05, 0) is 12.1 Å². The van der Waals surface area contributed by atoms with Crippen LogP contribution in [-0.2, 0) is 0 Å². The molecule has 6 nitrogen and oxygen atoms in total. The van der Waals surface area contributed by atoms with Gasteiger partial charge < -0.3 is 15.6 Å². The number of benzene rings is 2. The van der Waals surface area contributed by atoms with Crippen molar-refractivity contribution in [2.45, 2.75) is 0 Å². The smallest absolute Gasteiger partial charge is 0.322 e. The maximum atomic E-state index is 12.5. The van der Waals surface area contributed by atoms with Gasteiger partial charge in [-0.25, -0.2) is 0 Å². The van der Waals surface area contributed by atoms with Crippen molar-refractivity contribution in [3.8, 4) is 17.5 Å². The van der Waals surface area contributed by atoms with Crippen molar-refractivity contribution in [3.05, 3.63) is 70.0 Å². The van der Waals surface area contributed by atoms with Crippen LogP contribution in [0.3, 0.4) is 0 Å². The average molecular weight is 376 g/mol. The number of ether oxygens (including phenoxy) is 1. The molecule has 0 spiro atoms. The second-order valence-electron chi connectivity index (χ2n) is 5.00. The number of rotatable bonds is 4. The van der Waals surface area contributed by atoms with E-state index in [0.29, 0.717) is 11.3 Å². The maximum Gasteiger partial charge on any atom is 0.322 e. The largest absolute Gasteiger partial charge is 0.504 e. The van der Waals surface area contributed by atoms with E-state index in [0.717, 1.165) is 6.20 Å². The fourth-order valence-electron chi connectivity index (χ4n) is 2.07. The molecule has 1 aromatic heterocycles. The lowest BCUT2D eigenvalue weighted by molar-refractivity contribution is 0.103. The number of carbonyl (C=O) groups is 1. The van der Waals surface area contributed by atoms with E-state index in [2.05, 4.69) is 9.97 Å². The summed E-state index contributed by atoms with van der Waals surface area (Å²) in [6, 6.07) is 11.1. The van der Waals surface area contributed by atoms with E-state index < -0.39 is 5.78 Å². The normalized spacial score (nSPS) is 10.5. The maximum absolute atomic E-state index is 12.5. The lowest BCUT2D eigenvalue weighted by Gasteiger charge is -2.10. The quantitative estimate of drug-likeness (QED) is 0.526. The van der Waals surface area contributed by atoms with Crippen LogP contribution in [0.25, 0.3) is 0 Å². The highest BCUT2D eigenvalue weighted by atomic mass is 35.5. The Balaban J connectivity index is 1.97. The summed E-state index contributed by atoms with van der Waals surface area (Å²) in [5.41, 5.74) is 6.18. The number of nitrogens with two attached hydrogens (primary N) is 1. The predicted octanol–water partition coefficient (Wildman–Crippen LogP) is 4.09. The Bertz CT molecular complexity index is 926. The highest BCUT2D eigenvalue weighted by molar-refractivity contribution is 6.37. The molecule has 0 aliphatic carbocycles. The first kappa shape index (κ1) is 17.0. The number of anilines is 1. The van der Waals surface area contributed by atoms with E-state index in [4.69, 9.17) is 33.7 Å². The van der Waals surface area contributed by atoms with Gasteiger partial charge in [-0.2, -0.15) is 9.97 Å². The van der Waals surface area contributed by atoms with E-state index in [1.165, 1.54) is 12.1 Å². The molecule has 1 heterocycles. The molecule has 8 heteroatoms. The van der Waals surface area contributed by atoms with Crippen LogP contribution in [0, 0.1) is 0 Å². The highest BCUT2D eigenvalue weighted by Gasteiger charge is 2.19. The van der Waals surface area contributed by atoms with Crippen molar-refractivity contribution < 1.29 is 14.6 Å². The summed E-state index contributed by atoms with van der Waals surface area (Å²) < 4.78 is 5.47. The summed E-state index contributed by atoms with van der Waals surface area (Å²) in [6.07, 6.45) is 1.07. The van der Waals surface area contributed by atoms with E-state index in [9.17, 15) is 9.90 Å². The zero-order valence-corrected chi connectivity index (χ0v) is 14.1. The molecule has 0 atom stereocenters. The molecule has 0 saturated heterocycles. The molecule has 3 N–H and O–H groups in total. The van der Waals surface area contributed by atoms with Crippen LogP contribution in [0.15, 0.2) is 48.7 Å². The molecule has 126 valence electrons. The van der Waals surface area contributed by atoms with Gasteiger partial charge in [0.1, 0.15) is 0 Å². The van der Waals surface area contributed by atoms with Crippen LogP contribution >= 0.6 is 23.2 Å².